The van der Waals surface area contributed by atoms with E-state index in [0.29, 0.717) is 52.6 Å². The van der Waals surface area contributed by atoms with Crippen molar-refractivity contribution in [1.29, 1.82) is 0 Å². The highest BCUT2D eigenvalue weighted by Crippen LogP contribution is 2.29. The molecule has 172 valence electrons. The second-order valence-electron chi connectivity index (χ2n) is 7.47. The summed E-state index contributed by atoms with van der Waals surface area (Å²) in [6, 6.07) is 14.3. The van der Waals surface area contributed by atoms with Gasteiger partial charge in [0.1, 0.15) is 10.6 Å². The Hall–Kier alpha value is -3.30. The van der Waals surface area contributed by atoms with Gasteiger partial charge in [-0.25, -0.2) is 9.78 Å². The zero-order valence-corrected chi connectivity index (χ0v) is 19.9. The average Bonchev–Trinajstić information content (AvgIpc) is 3.18. The number of methoxy groups -OCH3 is 1. The predicted molar refractivity (Wildman–Crippen MR) is 132 cm³/mol. The van der Waals surface area contributed by atoms with E-state index in [1.165, 1.54) is 11.3 Å². The van der Waals surface area contributed by atoms with Crippen LogP contribution in [0.2, 0.25) is 5.02 Å². The smallest absolute Gasteiger partial charge is 0.325 e. The summed E-state index contributed by atoms with van der Waals surface area (Å²) in [5, 5.41) is 6.28. The average molecular weight is 486 g/mol. The lowest BCUT2D eigenvalue weighted by Crippen LogP contribution is -2.48. The van der Waals surface area contributed by atoms with Gasteiger partial charge >= 0.3 is 6.03 Å². The van der Waals surface area contributed by atoms with E-state index in [9.17, 15) is 9.59 Å². The van der Waals surface area contributed by atoms with E-state index in [1.54, 1.807) is 38.3 Å². The van der Waals surface area contributed by atoms with E-state index < -0.39 is 6.03 Å². The molecule has 0 aliphatic carbocycles. The van der Waals surface area contributed by atoms with Crippen molar-refractivity contribution in [1.82, 2.24) is 9.88 Å². The number of aromatic nitrogens is 1. The Bertz CT molecular complexity index is 1160. The van der Waals surface area contributed by atoms with Gasteiger partial charge in [-0.05, 0) is 37.3 Å². The van der Waals surface area contributed by atoms with E-state index in [-0.39, 0.29) is 5.91 Å². The van der Waals surface area contributed by atoms with Crippen LogP contribution in [0, 0.1) is 6.92 Å². The molecule has 2 heterocycles. The predicted octanol–water partition coefficient (Wildman–Crippen LogP) is 4.72. The summed E-state index contributed by atoms with van der Waals surface area (Å²) < 4.78 is 5.46. The number of amides is 3. The first-order valence-electron chi connectivity index (χ1n) is 10.4. The summed E-state index contributed by atoms with van der Waals surface area (Å²) in [5.74, 6) is 0.746. The van der Waals surface area contributed by atoms with Crippen LogP contribution in [0.4, 0.5) is 21.3 Å². The van der Waals surface area contributed by atoms with Crippen molar-refractivity contribution in [2.45, 2.75) is 6.92 Å². The Labute approximate surface area is 201 Å². The topological polar surface area (TPSA) is 86.8 Å². The lowest BCUT2D eigenvalue weighted by atomic mass is 10.2. The van der Waals surface area contributed by atoms with Crippen molar-refractivity contribution in [3.05, 3.63) is 64.1 Å². The molecule has 1 aromatic heterocycles. The third-order valence-corrected chi connectivity index (χ3v) is 6.58. The van der Waals surface area contributed by atoms with Gasteiger partial charge in [-0.2, -0.15) is 0 Å². The highest BCUT2D eigenvalue weighted by Gasteiger charge is 2.26. The second kappa shape index (κ2) is 10.1. The molecule has 3 aromatic rings. The van der Waals surface area contributed by atoms with Crippen LogP contribution in [-0.2, 0) is 0 Å². The van der Waals surface area contributed by atoms with E-state index in [2.05, 4.69) is 20.5 Å². The normalized spacial score (nSPS) is 13.5. The number of halogens is 1. The van der Waals surface area contributed by atoms with Gasteiger partial charge in [0.05, 0.1) is 18.5 Å². The number of carbonyl (C=O) groups is 2. The number of thiazole rings is 1. The summed E-state index contributed by atoms with van der Waals surface area (Å²) in [6.07, 6.45) is 0. The molecule has 2 aromatic carbocycles. The van der Waals surface area contributed by atoms with Gasteiger partial charge in [-0.1, -0.05) is 41.1 Å². The second-order valence-corrected chi connectivity index (χ2v) is 8.91. The molecule has 0 atom stereocenters. The van der Waals surface area contributed by atoms with Crippen LogP contribution >= 0.6 is 22.9 Å². The van der Waals surface area contributed by atoms with Crippen LogP contribution in [0.15, 0.2) is 48.5 Å². The Morgan fingerprint density at radius 2 is 1.82 bits per heavy atom. The fourth-order valence-electron chi connectivity index (χ4n) is 3.66. The number of carbonyl (C=O) groups excluding carboxylic acids is 2. The third kappa shape index (κ3) is 5.37. The first-order valence-corrected chi connectivity index (χ1v) is 11.6. The highest BCUT2D eigenvalue weighted by atomic mass is 35.5. The zero-order valence-electron chi connectivity index (χ0n) is 18.3. The van der Waals surface area contributed by atoms with Gasteiger partial charge in [-0.15, -0.1) is 0 Å². The lowest BCUT2D eigenvalue weighted by molar-refractivity contribution is 0.0750. The molecule has 0 spiro atoms. The number of para-hydroxylation sites is 2. The minimum absolute atomic E-state index is 0.0759. The number of nitrogens with one attached hydrogen (secondary N) is 2. The van der Waals surface area contributed by atoms with Crippen molar-refractivity contribution in [2.75, 3.05) is 48.8 Å². The molecule has 1 aliphatic heterocycles. The maximum absolute atomic E-state index is 13.1. The van der Waals surface area contributed by atoms with Crippen LogP contribution < -0.4 is 20.3 Å². The number of ether oxygens (including phenoxy) is 1. The number of benzene rings is 2. The number of nitrogens with zero attached hydrogens (tertiary/aromatic N) is 3. The van der Waals surface area contributed by atoms with Crippen molar-refractivity contribution >= 4 is 51.4 Å². The molecular formula is C23H24ClN5O3S. The molecule has 1 aliphatic rings. The standard InChI is InChI=1S/C23H24ClN5O3S/c1-15-20(33-23(25-15)27-22(31)26-17-7-5-6-16(24)14-17)21(30)29-12-10-28(11-13-29)18-8-3-4-9-19(18)32-2/h3-9,14H,10-13H2,1-2H3,(H2,25,26,27,31). The number of anilines is 3. The Balaban J connectivity index is 1.37. The van der Waals surface area contributed by atoms with Gasteiger partial charge in [0, 0.05) is 36.9 Å². The molecule has 1 fully saturated rings. The van der Waals surface area contributed by atoms with Gasteiger partial charge < -0.3 is 19.9 Å². The van der Waals surface area contributed by atoms with Gasteiger partial charge in [0.2, 0.25) is 0 Å². The third-order valence-electron chi connectivity index (χ3n) is 5.29. The molecule has 4 rings (SSSR count). The monoisotopic (exact) mass is 485 g/mol. The van der Waals surface area contributed by atoms with Gasteiger partial charge in [0.25, 0.3) is 5.91 Å². The fraction of sp³-hybridized carbons (Fsp3) is 0.261. The summed E-state index contributed by atoms with van der Waals surface area (Å²) in [7, 11) is 1.66. The van der Waals surface area contributed by atoms with E-state index >= 15 is 0 Å². The Morgan fingerprint density at radius 3 is 2.55 bits per heavy atom. The molecular weight excluding hydrogens is 462 g/mol. The minimum Gasteiger partial charge on any atom is -0.495 e. The van der Waals surface area contributed by atoms with Crippen LogP contribution in [0.5, 0.6) is 5.75 Å². The van der Waals surface area contributed by atoms with Gasteiger partial charge in [0.15, 0.2) is 5.13 Å². The zero-order chi connectivity index (χ0) is 23.4. The number of aryl methyl sites for hydroxylation is 1. The molecule has 33 heavy (non-hydrogen) atoms. The Morgan fingerprint density at radius 1 is 1.06 bits per heavy atom. The van der Waals surface area contributed by atoms with Crippen LogP contribution in [0.1, 0.15) is 15.4 Å². The molecule has 2 N–H and O–H groups in total. The van der Waals surface area contributed by atoms with Crippen molar-refractivity contribution in [3.63, 3.8) is 0 Å². The molecule has 0 bridgehead atoms. The van der Waals surface area contributed by atoms with Gasteiger partial charge in [-0.3, -0.25) is 10.1 Å². The summed E-state index contributed by atoms with van der Waals surface area (Å²) in [4.78, 5) is 34.3. The molecule has 0 saturated carbocycles. The molecule has 0 radical (unpaired) electrons. The molecule has 10 heteroatoms. The van der Waals surface area contributed by atoms with Crippen LogP contribution in [0.3, 0.4) is 0 Å². The molecule has 1 saturated heterocycles. The molecule has 3 amide bonds. The van der Waals surface area contributed by atoms with E-state index in [1.807, 2.05) is 29.2 Å². The summed E-state index contributed by atoms with van der Waals surface area (Å²) in [6.45, 7) is 4.36. The SMILES string of the molecule is COc1ccccc1N1CCN(C(=O)c2sc(NC(=O)Nc3cccc(Cl)c3)nc2C)CC1. The number of hydrogen-bond donors (Lipinski definition) is 2. The first-order chi connectivity index (χ1) is 15.9. The van der Waals surface area contributed by atoms with Crippen molar-refractivity contribution in [3.8, 4) is 5.75 Å². The lowest BCUT2D eigenvalue weighted by Gasteiger charge is -2.36. The van der Waals surface area contributed by atoms with Crippen molar-refractivity contribution in [2.24, 2.45) is 0 Å². The van der Waals surface area contributed by atoms with E-state index in [4.69, 9.17) is 16.3 Å². The summed E-state index contributed by atoms with van der Waals surface area (Å²) in [5.41, 5.74) is 2.19. The highest BCUT2D eigenvalue weighted by molar-refractivity contribution is 7.17. The number of rotatable bonds is 5. The Kier molecular flexibility index (Phi) is 7.00. The number of hydrogen-bond acceptors (Lipinski definition) is 6. The number of urea groups is 1. The number of piperazine rings is 1. The fourth-order valence-corrected chi connectivity index (χ4v) is 4.78. The molecule has 8 nitrogen and oxygen atoms in total. The molecule has 0 unspecified atom stereocenters. The van der Waals surface area contributed by atoms with Crippen LogP contribution in [0.25, 0.3) is 0 Å². The first kappa shape index (κ1) is 22.9. The quantitative estimate of drug-likeness (QED) is 0.546. The minimum atomic E-state index is -0.449. The maximum atomic E-state index is 13.1. The maximum Gasteiger partial charge on any atom is 0.325 e. The van der Waals surface area contributed by atoms with E-state index in [0.717, 1.165) is 11.4 Å². The van der Waals surface area contributed by atoms with Crippen molar-refractivity contribution < 1.29 is 14.3 Å². The largest absolute Gasteiger partial charge is 0.495 e. The summed E-state index contributed by atoms with van der Waals surface area (Å²) >= 11 is 7.12. The van der Waals surface area contributed by atoms with Crippen LogP contribution in [-0.4, -0.2) is 55.1 Å².